The van der Waals surface area contributed by atoms with Gasteiger partial charge in [-0.3, -0.25) is 14.6 Å². The van der Waals surface area contributed by atoms with Crippen molar-refractivity contribution in [2.75, 3.05) is 13.1 Å². The third-order valence-corrected chi connectivity index (χ3v) is 2.64. The first-order valence-electron chi connectivity index (χ1n) is 7.39. The Balaban J connectivity index is 4.33. The standard InChI is InChI=1S/C18H25N3O2/c1-5-9-15(10-6-2)14-21-18(23)17(22)20-13-12-16(11-7-3)19-8-4/h5-11H,1,3,12-14H2,2,4H3,(H,20,22)(H,21,23)/b10-6-,15-9+,16-11-,19-8?. The average molecular weight is 315 g/mol. The first-order valence-corrected chi connectivity index (χ1v) is 7.39. The Bertz CT molecular complexity index is 540. The van der Waals surface area contributed by atoms with Crippen LogP contribution in [-0.2, 0) is 9.59 Å². The largest absolute Gasteiger partial charge is 0.347 e. The van der Waals surface area contributed by atoms with Crippen LogP contribution < -0.4 is 10.6 Å². The lowest BCUT2D eigenvalue weighted by Gasteiger charge is -2.07. The molecule has 0 aromatic rings. The van der Waals surface area contributed by atoms with Gasteiger partial charge in [0.1, 0.15) is 0 Å². The number of nitrogens with zero attached hydrogens (tertiary/aromatic N) is 1. The molecule has 0 aliphatic heterocycles. The molecule has 0 atom stereocenters. The SMILES string of the molecule is C=C/C=C(/CCNC(=O)C(=O)NCC(/C=C\C)=C/C=C)N=CC. The number of aliphatic imine (C=N–C) groups is 1. The van der Waals surface area contributed by atoms with Crippen LogP contribution in [0.5, 0.6) is 0 Å². The molecule has 0 spiro atoms. The van der Waals surface area contributed by atoms with Crippen LogP contribution >= 0.6 is 0 Å². The summed E-state index contributed by atoms with van der Waals surface area (Å²) in [6.07, 6.45) is 12.7. The predicted molar refractivity (Wildman–Crippen MR) is 96.2 cm³/mol. The maximum absolute atomic E-state index is 11.7. The highest BCUT2D eigenvalue weighted by molar-refractivity contribution is 6.35. The summed E-state index contributed by atoms with van der Waals surface area (Å²) in [7, 11) is 0. The molecule has 0 aliphatic carbocycles. The molecular weight excluding hydrogens is 290 g/mol. The number of carbonyl (C=O) groups excluding carboxylic acids is 2. The van der Waals surface area contributed by atoms with Crippen LogP contribution in [0.1, 0.15) is 20.3 Å². The van der Waals surface area contributed by atoms with E-state index < -0.39 is 11.8 Å². The average Bonchev–Trinajstić information content (AvgIpc) is 2.53. The lowest BCUT2D eigenvalue weighted by Crippen LogP contribution is -2.40. The Labute approximate surface area is 138 Å². The van der Waals surface area contributed by atoms with Crippen molar-refractivity contribution in [1.82, 2.24) is 10.6 Å². The van der Waals surface area contributed by atoms with E-state index in [1.807, 2.05) is 26.0 Å². The summed E-state index contributed by atoms with van der Waals surface area (Å²) in [6, 6.07) is 0. The van der Waals surface area contributed by atoms with Gasteiger partial charge in [0.2, 0.25) is 0 Å². The van der Waals surface area contributed by atoms with Gasteiger partial charge >= 0.3 is 11.8 Å². The van der Waals surface area contributed by atoms with E-state index in [4.69, 9.17) is 0 Å². The van der Waals surface area contributed by atoms with Crippen LogP contribution in [0, 0.1) is 0 Å². The number of amides is 2. The van der Waals surface area contributed by atoms with Crippen LogP contribution in [0.15, 0.2) is 65.9 Å². The maximum atomic E-state index is 11.7. The summed E-state index contributed by atoms with van der Waals surface area (Å²) in [5.74, 6) is -1.33. The minimum Gasteiger partial charge on any atom is -0.347 e. The molecular formula is C18H25N3O2. The van der Waals surface area contributed by atoms with E-state index in [9.17, 15) is 9.59 Å². The zero-order chi connectivity index (χ0) is 17.5. The van der Waals surface area contributed by atoms with Crippen molar-refractivity contribution in [3.8, 4) is 0 Å². The van der Waals surface area contributed by atoms with E-state index in [0.717, 1.165) is 11.3 Å². The molecule has 0 heterocycles. The summed E-state index contributed by atoms with van der Waals surface area (Å²) in [5, 5.41) is 5.12. The van der Waals surface area contributed by atoms with Crippen molar-refractivity contribution < 1.29 is 9.59 Å². The molecule has 0 bridgehead atoms. The van der Waals surface area contributed by atoms with Gasteiger partial charge in [-0.15, -0.1) is 0 Å². The molecule has 0 saturated carbocycles. The number of hydrogen-bond donors (Lipinski definition) is 2. The minimum absolute atomic E-state index is 0.268. The van der Waals surface area contributed by atoms with Gasteiger partial charge in [-0.1, -0.05) is 43.5 Å². The summed E-state index contributed by atoms with van der Waals surface area (Å²) >= 11 is 0. The molecule has 0 rings (SSSR count). The lowest BCUT2D eigenvalue weighted by molar-refractivity contribution is -0.139. The third-order valence-electron chi connectivity index (χ3n) is 2.64. The van der Waals surface area contributed by atoms with E-state index in [-0.39, 0.29) is 6.54 Å². The second kappa shape index (κ2) is 13.0. The van der Waals surface area contributed by atoms with Gasteiger partial charge < -0.3 is 10.6 Å². The first-order chi connectivity index (χ1) is 11.1. The molecule has 2 amide bonds. The van der Waals surface area contributed by atoms with Gasteiger partial charge in [-0.25, -0.2) is 0 Å². The summed E-state index contributed by atoms with van der Waals surface area (Å²) in [5.41, 5.74) is 1.64. The Morgan fingerprint density at radius 1 is 1.04 bits per heavy atom. The van der Waals surface area contributed by atoms with Crippen molar-refractivity contribution in [1.29, 1.82) is 0 Å². The Kier molecular flexibility index (Phi) is 11.5. The van der Waals surface area contributed by atoms with Crippen LogP contribution in [0.25, 0.3) is 0 Å². The fraction of sp³-hybridized carbons (Fsp3) is 0.278. The van der Waals surface area contributed by atoms with Crippen molar-refractivity contribution >= 4 is 18.0 Å². The van der Waals surface area contributed by atoms with E-state index in [0.29, 0.717) is 13.0 Å². The van der Waals surface area contributed by atoms with Crippen LogP contribution in [0.4, 0.5) is 0 Å². The molecule has 2 N–H and O–H groups in total. The number of rotatable bonds is 9. The number of allylic oxidation sites excluding steroid dienone is 5. The molecule has 0 aromatic heterocycles. The molecule has 0 unspecified atom stereocenters. The molecule has 5 nitrogen and oxygen atoms in total. The molecule has 0 fully saturated rings. The Hall–Kier alpha value is -2.69. The van der Waals surface area contributed by atoms with Crippen molar-refractivity contribution in [3.05, 3.63) is 60.9 Å². The zero-order valence-electron chi connectivity index (χ0n) is 13.8. The molecule has 0 aromatic carbocycles. The Morgan fingerprint density at radius 3 is 2.26 bits per heavy atom. The van der Waals surface area contributed by atoms with E-state index in [1.54, 1.807) is 30.5 Å². The van der Waals surface area contributed by atoms with Gasteiger partial charge in [0.25, 0.3) is 0 Å². The summed E-state index contributed by atoms with van der Waals surface area (Å²) < 4.78 is 0. The van der Waals surface area contributed by atoms with Gasteiger partial charge in [0, 0.05) is 31.4 Å². The van der Waals surface area contributed by atoms with Crippen LogP contribution in [0.3, 0.4) is 0 Å². The molecule has 0 aliphatic rings. The predicted octanol–water partition coefficient (Wildman–Crippen LogP) is 2.46. The Morgan fingerprint density at radius 2 is 1.70 bits per heavy atom. The number of hydrogen-bond acceptors (Lipinski definition) is 3. The fourth-order valence-corrected chi connectivity index (χ4v) is 1.68. The monoisotopic (exact) mass is 315 g/mol. The summed E-state index contributed by atoms with van der Waals surface area (Å²) in [6.45, 7) is 11.5. The van der Waals surface area contributed by atoms with Gasteiger partial charge in [0.15, 0.2) is 0 Å². The van der Waals surface area contributed by atoms with Crippen molar-refractivity contribution in [2.45, 2.75) is 20.3 Å². The minimum atomic E-state index is -0.669. The fourth-order valence-electron chi connectivity index (χ4n) is 1.68. The van der Waals surface area contributed by atoms with E-state index in [2.05, 4.69) is 28.8 Å². The highest BCUT2D eigenvalue weighted by Crippen LogP contribution is 2.01. The number of carbonyl (C=O) groups is 2. The normalized spacial score (nSPS) is 12.4. The van der Waals surface area contributed by atoms with Gasteiger partial charge in [0.05, 0.1) is 0 Å². The first kappa shape index (κ1) is 20.3. The van der Waals surface area contributed by atoms with Crippen molar-refractivity contribution in [2.24, 2.45) is 4.99 Å². The molecule has 124 valence electrons. The third kappa shape index (κ3) is 9.79. The highest BCUT2D eigenvalue weighted by Gasteiger charge is 2.12. The molecule has 23 heavy (non-hydrogen) atoms. The smallest absolute Gasteiger partial charge is 0.309 e. The topological polar surface area (TPSA) is 70.6 Å². The van der Waals surface area contributed by atoms with Gasteiger partial charge in [-0.05, 0) is 25.5 Å². The molecule has 5 heteroatoms. The van der Waals surface area contributed by atoms with Crippen LogP contribution in [0.2, 0.25) is 0 Å². The quantitative estimate of drug-likeness (QED) is 0.390. The lowest BCUT2D eigenvalue weighted by atomic mass is 10.2. The second-order valence-electron chi connectivity index (χ2n) is 4.45. The molecule has 0 radical (unpaired) electrons. The van der Waals surface area contributed by atoms with Crippen molar-refractivity contribution in [3.63, 3.8) is 0 Å². The summed E-state index contributed by atoms with van der Waals surface area (Å²) in [4.78, 5) is 27.6. The maximum Gasteiger partial charge on any atom is 0.309 e. The number of nitrogens with one attached hydrogen (secondary N) is 2. The van der Waals surface area contributed by atoms with E-state index in [1.165, 1.54) is 0 Å². The highest BCUT2D eigenvalue weighted by atomic mass is 16.2. The molecule has 0 saturated heterocycles. The van der Waals surface area contributed by atoms with Crippen LogP contribution in [-0.4, -0.2) is 31.1 Å². The zero-order valence-corrected chi connectivity index (χ0v) is 13.8. The van der Waals surface area contributed by atoms with Gasteiger partial charge in [-0.2, -0.15) is 0 Å². The van der Waals surface area contributed by atoms with E-state index >= 15 is 0 Å². The second-order valence-corrected chi connectivity index (χ2v) is 4.45.